The largest absolute Gasteiger partial charge is 0.467 e. The Balaban J connectivity index is 2.27. The second-order valence-electron chi connectivity index (χ2n) is 4.27. The van der Waals surface area contributed by atoms with E-state index < -0.39 is 0 Å². The minimum atomic E-state index is -0.293. The molecule has 1 atom stereocenters. The van der Waals surface area contributed by atoms with Crippen molar-refractivity contribution < 1.29 is 14.3 Å². The van der Waals surface area contributed by atoms with E-state index in [-0.39, 0.29) is 12.0 Å². The summed E-state index contributed by atoms with van der Waals surface area (Å²) in [5.74, 6) is 0.419. The Hall–Kier alpha value is -1.91. The van der Waals surface area contributed by atoms with Gasteiger partial charge in [-0.25, -0.2) is 9.78 Å². The molecule has 1 aromatic heterocycles. The van der Waals surface area contributed by atoms with Crippen LogP contribution in [-0.4, -0.2) is 36.9 Å². The zero-order valence-electron chi connectivity index (χ0n) is 10.3. The summed E-state index contributed by atoms with van der Waals surface area (Å²) >= 11 is 0. The summed E-state index contributed by atoms with van der Waals surface area (Å²) in [7, 11) is 1.39. The van der Waals surface area contributed by atoms with Gasteiger partial charge in [-0.15, -0.1) is 0 Å². The number of hydrogen-bond donors (Lipinski definition) is 0. The van der Waals surface area contributed by atoms with Crippen LogP contribution in [0.3, 0.4) is 0 Å². The predicted molar refractivity (Wildman–Crippen MR) is 66.6 cm³/mol. The molecule has 0 spiro atoms. The van der Waals surface area contributed by atoms with Gasteiger partial charge in [0.15, 0.2) is 6.29 Å². The van der Waals surface area contributed by atoms with Crippen molar-refractivity contribution in [1.29, 1.82) is 0 Å². The number of aromatic nitrogens is 1. The number of carbonyl (C=O) groups excluding carboxylic acids is 2. The number of ether oxygens (including phenoxy) is 1. The summed E-state index contributed by atoms with van der Waals surface area (Å²) < 4.78 is 4.82. The number of piperidine rings is 1. The molecule has 0 saturated carbocycles. The summed E-state index contributed by atoms with van der Waals surface area (Å²) in [6.07, 6.45) is 3.49. The van der Waals surface area contributed by atoms with Gasteiger partial charge < -0.3 is 9.64 Å². The predicted octanol–water partition coefficient (Wildman–Crippen LogP) is 1.43. The molecule has 5 heteroatoms. The molecule has 1 aromatic rings. The first-order valence-electron chi connectivity index (χ1n) is 6.03. The average Bonchev–Trinajstić information content (AvgIpc) is 2.46. The third-order valence-corrected chi connectivity index (χ3v) is 3.15. The molecule has 2 rings (SSSR count). The average molecular weight is 248 g/mol. The van der Waals surface area contributed by atoms with Crippen LogP contribution in [0.2, 0.25) is 0 Å². The number of rotatable bonds is 3. The van der Waals surface area contributed by atoms with E-state index in [9.17, 15) is 9.59 Å². The van der Waals surface area contributed by atoms with E-state index in [0.717, 1.165) is 25.8 Å². The van der Waals surface area contributed by atoms with Crippen molar-refractivity contribution in [2.75, 3.05) is 18.6 Å². The second kappa shape index (κ2) is 5.62. The van der Waals surface area contributed by atoms with Crippen LogP contribution in [0.15, 0.2) is 18.2 Å². The number of aldehydes is 1. The molecule has 2 heterocycles. The van der Waals surface area contributed by atoms with E-state index in [1.165, 1.54) is 7.11 Å². The summed E-state index contributed by atoms with van der Waals surface area (Å²) in [6.45, 7) is 0.759. The highest BCUT2D eigenvalue weighted by molar-refractivity contribution is 5.80. The standard InChI is InChI=1S/C13H16N2O3/c1-18-13(17)11-6-2-3-8-15(11)12-7-4-5-10(9-16)14-12/h4-5,7,9,11H,2-3,6,8H2,1H3. The molecule has 96 valence electrons. The Morgan fingerprint density at radius 1 is 1.50 bits per heavy atom. The van der Waals surface area contributed by atoms with E-state index in [0.29, 0.717) is 17.8 Å². The Morgan fingerprint density at radius 2 is 2.33 bits per heavy atom. The number of esters is 1. The molecule has 1 aliphatic rings. The Labute approximate surface area is 106 Å². The third kappa shape index (κ3) is 2.50. The van der Waals surface area contributed by atoms with Gasteiger partial charge in [-0.05, 0) is 31.4 Å². The summed E-state index contributed by atoms with van der Waals surface area (Å²) in [4.78, 5) is 28.6. The molecular weight excluding hydrogens is 232 g/mol. The lowest BCUT2D eigenvalue weighted by Crippen LogP contribution is -2.45. The number of nitrogens with zero attached hydrogens (tertiary/aromatic N) is 2. The number of pyridine rings is 1. The first-order chi connectivity index (χ1) is 8.76. The van der Waals surface area contributed by atoms with Gasteiger partial charge in [0.1, 0.15) is 17.6 Å². The SMILES string of the molecule is COC(=O)C1CCCCN1c1cccc(C=O)n1. The van der Waals surface area contributed by atoms with Crippen molar-refractivity contribution >= 4 is 18.1 Å². The van der Waals surface area contributed by atoms with Crippen LogP contribution < -0.4 is 4.90 Å². The van der Waals surface area contributed by atoms with Gasteiger partial charge in [-0.1, -0.05) is 6.07 Å². The maximum Gasteiger partial charge on any atom is 0.328 e. The van der Waals surface area contributed by atoms with Crippen LogP contribution in [0.5, 0.6) is 0 Å². The minimum Gasteiger partial charge on any atom is -0.467 e. The van der Waals surface area contributed by atoms with Gasteiger partial charge in [-0.3, -0.25) is 4.79 Å². The number of carbonyl (C=O) groups is 2. The summed E-state index contributed by atoms with van der Waals surface area (Å²) in [6, 6.07) is 4.94. The highest BCUT2D eigenvalue weighted by Gasteiger charge is 2.30. The molecule has 1 unspecified atom stereocenters. The maximum atomic E-state index is 11.7. The van der Waals surface area contributed by atoms with Gasteiger partial charge >= 0.3 is 5.97 Å². The molecule has 5 nitrogen and oxygen atoms in total. The van der Waals surface area contributed by atoms with Crippen LogP contribution in [0, 0.1) is 0 Å². The first-order valence-corrected chi connectivity index (χ1v) is 6.03. The summed E-state index contributed by atoms with van der Waals surface area (Å²) in [5.41, 5.74) is 0.377. The molecule has 0 radical (unpaired) electrons. The van der Waals surface area contributed by atoms with Crippen LogP contribution in [0.1, 0.15) is 29.8 Å². The van der Waals surface area contributed by atoms with Gasteiger partial charge in [0, 0.05) is 6.54 Å². The molecule has 1 aliphatic heterocycles. The Kier molecular flexibility index (Phi) is 3.92. The van der Waals surface area contributed by atoms with Crippen LogP contribution in [0.4, 0.5) is 5.82 Å². The van der Waals surface area contributed by atoms with Crippen molar-refractivity contribution in [1.82, 2.24) is 4.98 Å². The molecule has 1 fully saturated rings. The Bertz CT molecular complexity index is 448. The molecular formula is C13H16N2O3. The minimum absolute atomic E-state index is 0.243. The molecule has 1 saturated heterocycles. The number of hydrogen-bond acceptors (Lipinski definition) is 5. The Morgan fingerprint density at radius 3 is 3.06 bits per heavy atom. The fraction of sp³-hybridized carbons (Fsp3) is 0.462. The second-order valence-corrected chi connectivity index (χ2v) is 4.27. The first kappa shape index (κ1) is 12.5. The number of methoxy groups -OCH3 is 1. The highest BCUT2D eigenvalue weighted by Crippen LogP contribution is 2.23. The smallest absolute Gasteiger partial charge is 0.328 e. The van der Waals surface area contributed by atoms with E-state index in [1.807, 2.05) is 11.0 Å². The zero-order chi connectivity index (χ0) is 13.0. The maximum absolute atomic E-state index is 11.7. The monoisotopic (exact) mass is 248 g/mol. The van der Waals surface area contributed by atoms with Crippen molar-refractivity contribution in [3.63, 3.8) is 0 Å². The molecule has 0 aromatic carbocycles. The van der Waals surface area contributed by atoms with Gasteiger partial charge in [-0.2, -0.15) is 0 Å². The van der Waals surface area contributed by atoms with Crippen molar-refractivity contribution in [2.24, 2.45) is 0 Å². The summed E-state index contributed by atoms with van der Waals surface area (Å²) in [5, 5.41) is 0. The van der Waals surface area contributed by atoms with E-state index in [2.05, 4.69) is 4.98 Å². The van der Waals surface area contributed by atoms with Gasteiger partial charge in [0.2, 0.25) is 0 Å². The van der Waals surface area contributed by atoms with Crippen molar-refractivity contribution in [3.05, 3.63) is 23.9 Å². The zero-order valence-corrected chi connectivity index (χ0v) is 10.3. The molecule has 0 aliphatic carbocycles. The van der Waals surface area contributed by atoms with Crippen LogP contribution >= 0.6 is 0 Å². The highest BCUT2D eigenvalue weighted by atomic mass is 16.5. The molecule has 18 heavy (non-hydrogen) atoms. The molecule has 0 amide bonds. The lowest BCUT2D eigenvalue weighted by atomic mass is 10.0. The van der Waals surface area contributed by atoms with E-state index >= 15 is 0 Å². The van der Waals surface area contributed by atoms with Crippen molar-refractivity contribution in [2.45, 2.75) is 25.3 Å². The topological polar surface area (TPSA) is 59.5 Å². The lowest BCUT2D eigenvalue weighted by molar-refractivity contribution is -0.142. The van der Waals surface area contributed by atoms with Gasteiger partial charge in [0.25, 0.3) is 0 Å². The van der Waals surface area contributed by atoms with Crippen LogP contribution in [-0.2, 0) is 9.53 Å². The fourth-order valence-corrected chi connectivity index (χ4v) is 2.25. The quantitative estimate of drug-likeness (QED) is 0.598. The lowest BCUT2D eigenvalue weighted by Gasteiger charge is -2.34. The van der Waals surface area contributed by atoms with Crippen molar-refractivity contribution in [3.8, 4) is 0 Å². The number of anilines is 1. The van der Waals surface area contributed by atoms with Gasteiger partial charge in [0.05, 0.1) is 7.11 Å². The molecule has 0 N–H and O–H groups in total. The van der Waals surface area contributed by atoms with Crippen LogP contribution in [0.25, 0.3) is 0 Å². The van der Waals surface area contributed by atoms with E-state index in [1.54, 1.807) is 12.1 Å². The fourth-order valence-electron chi connectivity index (χ4n) is 2.25. The normalized spacial score (nSPS) is 19.4. The van der Waals surface area contributed by atoms with E-state index in [4.69, 9.17) is 4.74 Å². The molecule has 0 bridgehead atoms. The third-order valence-electron chi connectivity index (χ3n) is 3.15.